The van der Waals surface area contributed by atoms with Crippen molar-refractivity contribution in [3.8, 4) is 5.75 Å². The number of benzene rings is 1. The van der Waals surface area contributed by atoms with Gasteiger partial charge in [-0.15, -0.1) is 12.4 Å². The second kappa shape index (κ2) is 8.82. The van der Waals surface area contributed by atoms with E-state index in [1.165, 1.54) is 5.56 Å². The molecule has 4 nitrogen and oxygen atoms in total. The molecule has 1 fully saturated rings. The number of ether oxygens (including phenoxy) is 1. The van der Waals surface area contributed by atoms with E-state index < -0.39 is 0 Å². The Bertz CT molecular complexity index is 401. The molecule has 1 amide bonds. The first-order valence-electron chi connectivity index (χ1n) is 7.00. The standard InChI is InChI=1S/C15H22N2O2.ClH/c1-2-13-4-6-14(7-5-13)19-12-15(18)17-10-3-8-16-9-11-17;/h4-7,16H,2-3,8-12H2,1H3;1H. The van der Waals surface area contributed by atoms with Crippen LogP contribution in [0, 0.1) is 0 Å². The summed E-state index contributed by atoms with van der Waals surface area (Å²) < 4.78 is 5.55. The maximum absolute atomic E-state index is 12.0. The van der Waals surface area contributed by atoms with E-state index in [0.717, 1.165) is 44.8 Å². The molecule has 5 heteroatoms. The lowest BCUT2D eigenvalue weighted by Gasteiger charge is -2.20. The number of halogens is 1. The summed E-state index contributed by atoms with van der Waals surface area (Å²) in [5.41, 5.74) is 1.28. The lowest BCUT2D eigenvalue weighted by molar-refractivity contribution is -0.133. The molecular formula is C15H23ClN2O2. The van der Waals surface area contributed by atoms with E-state index >= 15 is 0 Å². The molecule has 1 aromatic carbocycles. The molecule has 112 valence electrons. The number of nitrogens with one attached hydrogen (secondary N) is 1. The van der Waals surface area contributed by atoms with Crippen molar-refractivity contribution in [3.63, 3.8) is 0 Å². The molecule has 0 saturated carbocycles. The largest absolute Gasteiger partial charge is 0.484 e. The van der Waals surface area contributed by atoms with Gasteiger partial charge in [0, 0.05) is 19.6 Å². The smallest absolute Gasteiger partial charge is 0.260 e. The molecule has 0 unspecified atom stereocenters. The summed E-state index contributed by atoms with van der Waals surface area (Å²) in [6.07, 6.45) is 2.02. The van der Waals surface area contributed by atoms with E-state index in [1.54, 1.807) is 0 Å². The van der Waals surface area contributed by atoms with Crippen LogP contribution in [0.2, 0.25) is 0 Å². The first kappa shape index (κ1) is 16.8. The van der Waals surface area contributed by atoms with Crippen LogP contribution < -0.4 is 10.1 Å². The fraction of sp³-hybridized carbons (Fsp3) is 0.533. The van der Waals surface area contributed by atoms with Crippen molar-refractivity contribution in [2.45, 2.75) is 19.8 Å². The van der Waals surface area contributed by atoms with Crippen molar-refractivity contribution in [2.24, 2.45) is 0 Å². The van der Waals surface area contributed by atoms with Gasteiger partial charge >= 0.3 is 0 Å². The van der Waals surface area contributed by atoms with Gasteiger partial charge < -0.3 is 15.0 Å². The normalized spacial score (nSPS) is 15.2. The van der Waals surface area contributed by atoms with E-state index in [2.05, 4.69) is 12.2 Å². The summed E-state index contributed by atoms with van der Waals surface area (Å²) in [5.74, 6) is 0.835. The van der Waals surface area contributed by atoms with Crippen molar-refractivity contribution in [1.29, 1.82) is 0 Å². The molecule has 1 heterocycles. The molecule has 1 aliphatic heterocycles. The Kier molecular flexibility index (Phi) is 7.41. The first-order chi connectivity index (χ1) is 9.29. The summed E-state index contributed by atoms with van der Waals surface area (Å²) in [5, 5.41) is 3.28. The molecule has 0 aromatic heterocycles. The minimum atomic E-state index is 0. The Morgan fingerprint density at radius 1 is 1.25 bits per heavy atom. The molecule has 1 aromatic rings. The molecular weight excluding hydrogens is 276 g/mol. The second-order valence-electron chi connectivity index (χ2n) is 4.77. The van der Waals surface area contributed by atoms with Crippen LogP contribution in [-0.2, 0) is 11.2 Å². The maximum atomic E-state index is 12.0. The monoisotopic (exact) mass is 298 g/mol. The van der Waals surface area contributed by atoms with Gasteiger partial charge in [0.1, 0.15) is 5.75 Å². The predicted octanol–water partition coefficient (Wildman–Crippen LogP) is 1.87. The van der Waals surface area contributed by atoms with Crippen LogP contribution >= 0.6 is 12.4 Å². The van der Waals surface area contributed by atoms with Gasteiger partial charge in [0.25, 0.3) is 5.91 Å². The van der Waals surface area contributed by atoms with Gasteiger partial charge in [-0.2, -0.15) is 0 Å². The topological polar surface area (TPSA) is 41.6 Å². The summed E-state index contributed by atoms with van der Waals surface area (Å²) in [6, 6.07) is 7.93. The van der Waals surface area contributed by atoms with E-state index in [0.29, 0.717) is 0 Å². The minimum absolute atomic E-state index is 0. The summed E-state index contributed by atoms with van der Waals surface area (Å²) in [7, 11) is 0. The van der Waals surface area contributed by atoms with Crippen molar-refractivity contribution in [2.75, 3.05) is 32.8 Å². The zero-order valence-electron chi connectivity index (χ0n) is 11.9. The first-order valence-corrected chi connectivity index (χ1v) is 7.00. The van der Waals surface area contributed by atoms with Crippen molar-refractivity contribution in [3.05, 3.63) is 29.8 Å². The molecule has 20 heavy (non-hydrogen) atoms. The highest BCUT2D eigenvalue weighted by molar-refractivity contribution is 5.85. The Labute approximate surface area is 126 Å². The van der Waals surface area contributed by atoms with E-state index in [9.17, 15) is 4.79 Å². The Morgan fingerprint density at radius 3 is 2.70 bits per heavy atom. The third-order valence-corrected chi connectivity index (χ3v) is 3.39. The summed E-state index contributed by atoms with van der Waals surface area (Å²) >= 11 is 0. The van der Waals surface area contributed by atoms with Gasteiger partial charge in [0.05, 0.1) is 0 Å². The van der Waals surface area contributed by atoms with Crippen molar-refractivity contribution >= 4 is 18.3 Å². The fourth-order valence-corrected chi connectivity index (χ4v) is 2.15. The van der Waals surface area contributed by atoms with E-state index in [4.69, 9.17) is 4.74 Å². The Hall–Kier alpha value is -1.26. The third kappa shape index (κ3) is 5.02. The zero-order chi connectivity index (χ0) is 13.5. The van der Waals surface area contributed by atoms with Crippen molar-refractivity contribution in [1.82, 2.24) is 10.2 Å². The third-order valence-electron chi connectivity index (χ3n) is 3.39. The highest BCUT2D eigenvalue weighted by Crippen LogP contribution is 2.12. The average molecular weight is 299 g/mol. The van der Waals surface area contributed by atoms with E-state index in [1.807, 2.05) is 29.2 Å². The summed E-state index contributed by atoms with van der Waals surface area (Å²) in [6.45, 7) is 5.71. The number of aryl methyl sites for hydroxylation is 1. The number of hydrogen-bond acceptors (Lipinski definition) is 3. The second-order valence-corrected chi connectivity index (χ2v) is 4.77. The van der Waals surface area contributed by atoms with Crippen LogP contribution in [0.3, 0.4) is 0 Å². The molecule has 1 saturated heterocycles. The number of amides is 1. The van der Waals surface area contributed by atoms with Crippen molar-refractivity contribution < 1.29 is 9.53 Å². The van der Waals surface area contributed by atoms with Gasteiger partial charge in [-0.1, -0.05) is 19.1 Å². The highest BCUT2D eigenvalue weighted by Gasteiger charge is 2.15. The van der Waals surface area contributed by atoms with Crippen LogP contribution in [-0.4, -0.2) is 43.6 Å². The number of hydrogen-bond donors (Lipinski definition) is 1. The lowest BCUT2D eigenvalue weighted by atomic mass is 10.2. The van der Waals surface area contributed by atoms with Crippen LogP contribution in [0.5, 0.6) is 5.75 Å². The number of rotatable bonds is 4. The maximum Gasteiger partial charge on any atom is 0.260 e. The average Bonchev–Trinajstić information content (AvgIpc) is 2.74. The zero-order valence-corrected chi connectivity index (χ0v) is 12.7. The Balaban J connectivity index is 0.00000200. The number of carbonyl (C=O) groups excluding carboxylic acids is 1. The van der Waals surface area contributed by atoms with Crippen LogP contribution in [0.25, 0.3) is 0 Å². The fourth-order valence-electron chi connectivity index (χ4n) is 2.15. The molecule has 0 radical (unpaired) electrons. The molecule has 1 aliphatic rings. The summed E-state index contributed by atoms with van der Waals surface area (Å²) in [4.78, 5) is 13.9. The van der Waals surface area contributed by atoms with Gasteiger partial charge in [-0.05, 0) is 37.1 Å². The minimum Gasteiger partial charge on any atom is -0.484 e. The molecule has 0 bridgehead atoms. The van der Waals surface area contributed by atoms with Gasteiger partial charge in [-0.3, -0.25) is 4.79 Å². The van der Waals surface area contributed by atoms with E-state index in [-0.39, 0.29) is 24.9 Å². The van der Waals surface area contributed by atoms with Gasteiger partial charge in [0.2, 0.25) is 0 Å². The predicted molar refractivity (Wildman–Crippen MR) is 82.6 cm³/mol. The molecule has 0 aliphatic carbocycles. The number of carbonyl (C=O) groups is 1. The van der Waals surface area contributed by atoms with Gasteiger partial charge in [-0.25, -0.2) is 0 Å². The van der Waals surface area contributed by atoms with Crippen LogP contribution in [0.15, 0.2) is 24.3 Å². The van der Waals surface area contributed by atoms with Crippen LogP contribution in [0.1, 0.15) is 18.9 Å². The quantitative estimate of drug-likeness (QED) is 0.923. The molecule has 1 N–H and O–H groups in total. The van der Waals surface area contributed by atoms with Gasteiger partial charge in [0.15, 0.2) is 6.61 Å². The van der Waals surface area contributed by atoms with Crippen LogP contribution in [0.4, 0.5) is 0 Å². The Morgan fingerprint density at radius 2 is 2.00 bits per heavy atom. The molecule has 0 spiro atoms. The molecule has 2 rings (SSSR count). The number of nitrogens with zero attached hydrogens (tertiary/aromatic N) is 1. The molecule has 0 atom stereocenters. The highest BCUT2D eigenvalue weighted by atomic mass is 35.5. The lowest BCUT2D eigenvalue weighted by Crippen LogP contribution is -2.37. The SMILES string of the molecule is CCc1ccc(OCC(=O)N2CCCNCC2)cc1.Cl.